The van der Waals surface area contributed by atoms with Gasteiger partial charge in [0.1, 0.15) is 19.1 Å². The summed E-state index contributed by atoms with van der Waals surface area (Å²) < 4.78 is 0.889. The Morgan fingerprint density at radius 3 is 2.56 bits per heavy atom. The van der Waals surface area contributed by atoms with Crippen LogP contribution in [-0.2, 0) is 28.9 Å². The highest BCUT2D eigenvalue weighted by Gasteiger charge is 2.38. The van der Waals surface area contributed by atoms with Crippen molar-refractivity contribution in [3.8, 4) is 0 Å². The molecule has 4 aliphatic heterocycles. The second-order valence-electron chi connectivity index (χ2n) is 14.2. The first-order chi connectivity index (χ1) is 24.3. The maximum atomic E-state index is 14.2. The summed E-state index contributed by atoms with van der Waals surface area (Å²) in [6, 6.07) is 11.3. The summed E-state index contributed by atoms with van der Waals surface area (Å²) >= 11 is 0. The zero-order valence-corrected chi connectivity index (χ0v) is 29.3. The number of hydroxylamine groups is 2. The monoisotopic (exact) mass is 687 g/mol. The van der Waals surface area contributed by atoms with Crippen molar-refractivity contribution < 1.29 is 23.8 Å². The van der Waals surface area contributed by atoms with Crippen molar-refractivity contribution in [3.63, 3.8) is 0 Å². The Bertz CT molecular complexity index is 1670. The number of aromatic amines is 1. The summed E-state index contributed by atoms with van der Waals surface area (Å²) in [5.74, 6) is -0.0956. The molecule has 1 unspecified atom stereocenters. The van der Waals surface area contributed by atoms with Gasteiger partial charge in [0.05, 0.1) is 31.9 Å². The lowest BCUT2D eigenvalue weighted by atomic mass is 9.99. The summed E-state index contributed by atoms with van der Waals surface area (Å²) in [7, 11) is 2.28. The fourth-order valence-electron chi connectivity index (χ4n) is 8.08. The molecule has 1 aromatic heterocycles. The molecule has 0 aliphatic carbocycles. The van der Waals surface area contributed by atoms with Crippen molar-refractivity contribution in [2.75, 3.05) is 84.4 Å². The number of anilines is 1. The average Bonchev–Trinajstić information content (AvgIpc) is 3.54. The summed E-state index contributed by atoms with van der Waals surface area (Å²) in [6.45, 7) is 10.6. The van der Waals surface area contributed by atoms with Crippen LogP contribution in [-0.4, -0.2) is 144 Å². The van der Waals surface area contributed by atoms with Gasteiger partial charge < -0.3 is 30.6 Å². The number of nitrogens with zero attached hydrogens (tertiary/aromatic N) is 6. The summed E-state index contributed by atoms with van der Waals surface area (Å²) in [6.07, 6.45) is 4.48. The number of piperidine rings is 1. The zero-order chi connectivity index (χ0) is 34.7. The van der Waals surface area contributed by atoms with Crippen LogP contribution in [0.3, 0.4) is 0 Å². The first-order valence-electron chi connectivity index (χ1n) is 18.2. The summed E-state index contributed by atoms with van der Waals surface area (Å²) in [4.78, 5) is 50.3. The van der Waals surface area contributed by atoms with E-state index >= 15 is 0 Å². The van der Waals surface area contributed by atoms with Crippen LogP contribution in [0.2, 0.25) is 0 Å². The number of hydrogen-bond acceptors (Lipinski definition) is 8. The lowest BCUT2D eigenvalue weighted by molar-refractivity contribution is -1.02. The first-order valence-corrected chi connectivity index (χ1v) is 18.2. The predicted octanol–water partition coefficient (Wildman–Crippen LogP) is 2.34. The van der Waals surface area contributed by atoms with Gasteiger partial charge in [0, 0.05) is 69.3 Å². The molecular formula is C36H51N10O4+. The number of benzene rings is 2. The van der Waals surface area contributed by atoms with Crippen molar-refractivity contribution in [1.82, 2.24) is 40.7 Å². The van der Waals surface area contributed by atoms with Crippen LogP contribution in [0.1, 0.15) is 36.5 Å². The largest absolute Gasteiger partial charge is 0.426 e. The van der Waals surface area contributed by atoms with Gasteiger partial charge >= 0.3 is 12.1 Å². The van der Waals surface area contributed by atoms with Crippen LogP contribution in [0.15, 0.2) is 42.6 Å². The number of nitrogens with one attached hydrogen (secondary N) is 4. The smallest absolute Gasteiger partial charge is 0.351 e. The minimum absolute atomic E-state index is 0.0524. The van der Waals surface area contributed by atoms with Gasteiger partial charge in [0.25, 0.3) is 0 Å². The highest BCUT2D eigenvalue weighted by atomic mass is 16.7. The average molecular weight is 688 g/mol. The molecule has 3 fully saturated rings. The number of carbonyl (C=O) groups is 3. The molecule has 0 bridgehead atoms. The number of aromatic nitrogens is 2. The number of urea groups is 1. The summed E-state index contributed by atoms with van der Waals surface area (Å²) in [5, 5.41) is 21.9. The van der Waals surface area contributed by atoms with Gasteiger partial charge in [0.15, 0.2) is 0 Å². The number of quaternary nitrogens is 1. The van der Waals surface area contributed by atoms with E-state index in [1.807, 2.05) is 34.1 Å². The van der Waals surface area contributed by atoms with E-state index in [2.05, 4.69) is 57.3 Å². The zero-order valence-electron chi connectivity index (χ0n) is 29.3. The van der Waals surface area contributed by atoms with E-state index in [1.54, 1.807) is 11.3 Å². The third kappa shape index (κ3) is 7.43. The van der Waals surface area contributed by atoms with E-state index in [4.69, 9.17) is 4.84 Å². The van der Waals surface area contributed by atoms with Crippen molar-refractivity contribution in [1.29, 1.82) is 0 Å². The molecule has 0 radical (unpaired) electrons. The van der Waals surface area contributed by atoms with E-state index < -0.39 is 12.1 Å². The molecule has 14 heteroatoms. The maximum absolute atomic E-state index is 14.2. The van der Waals surface area contributed by atoms with Gasteiger partial charge in [-0.2, -0.15) is 10.1 Å². The Morgan fingerprint density at radius 1 is 1.04 bits per heavy atom. The molecule has 4 N–H and O–H groups in total. The quantitative estimate of drug-likeness (QED) is 0.265. The van der Waals surface area contributed by atoms with Crippen LogP contribution in [0.25, 0.3) is 10.9 Å². The van der Waals surface area contributed by atoms with E-state index in [-0.39, 0.29) is 18.0 Å². The lowest BCUT2D eigenvalue weighted by Gasteiger charge is -2.48. The maximum Gasteiger partial charge on any atom is 0.426 e. The van der Waals surface area contributed by atoms with Gasteiger partial charge in [-0.3, -0.25) is 9.89 Å². The molecule has 268 valence electrons. The molecule has 5 heterocycles. The molecule has 7 rings (SSSR count). The lowest BCUT2D eigenvalue weighted by Crippen LogP contribution is -2.69. The standard InChI is InChI=1S/C36H50N10O4/c1-3-27-22-26(23-29-25-38-41-33(27)29)24-32(34(47)42-16-18-43(19-17-42)46(2)20-11-37-12-21-46)40-36(49)50-44-13-9-30(10-14-44)45-15-8-28-6-4-5-7-31(28)39-35(45)48/h4-7,22-23,25,30,32,37H,3,8-21,24H2,1-2H3,(H2-,38,39,40,41,48,49)/p+1. The Labute approximate surface area is 293 Å². The number of likely N-dealkylation sites (N-methyl/N-ethyl adjacent to an activating group) is 1. The number of piperazine rings is 2. The van der Waals surface area contributed by atoms with Gasteiger partial charge in [-0.15, -0.1) is 5.06 Å². The van der Waals surface area contributed by atoms with Crippen molar-refractivity contribution in [3.05, 3.63) is 59.3 Å². The third-order valence-corrected chi connectivity index (χ3v) is 11.1. The molecular weight excluding hydrogens is 636 g/mol. The molecule has 14 nitrogen and oxygen atoms in total. The van der Waals surface area contributed by atoms with Crippen LogP contribution in [0, 0.1) is 0 Å². The molecule has 50 heavy (non-hydrogen) atoms. The normalized spacial score (nSPS) is 21.3. The molecule has 3 aromatic rings. The van der Waals surface area contributed by atoms with Crippen LogP contribution < -0.4 is 16.0 Å². The van der Waals surface area contributed by atoms with Crippen molar-refractivity contribution >= 4 is 34.6 Å². The number of carbonyl (C=O) groups excluding carboxylic acids is 3. The number of amides is 4. The van der Waals surface area contributed by atoms with Crippen LogP contribution in [0.5, 0.6) is 0 Å². The van der Waals surface area contributed by atoms with Gasteiger partial charge in [-0.1, -0.05) is 31.2 Å². The Kier molecular flexibility index (Phi) is 10.2. The van der Waals surface area contributed by atoms with Crippen molar-refractivity contribution in [2.45, 2.75) is 51.1 Å². The molecule has 4 amide bonds. The van der Waals surface area contributed by atoms with Crippen molar-refractivity contribution in [2.24, 2.45) is 0 Å². The van der Waals surface area contributed by atoms with E-state index in [1.165, 1.54) is 0 Å². The van der Waals surface area contributed by atoms with E-state index in [9.17, 15) is 14.4 Å². The highest BCUT2D eigenvalue weighted by molar-refractivity contribution is 5.91. The molecule has 2 aromatic carbocycles. The molecule has 0 saturated carbocycles. The van der Waals surface area contributed by atoms with Crippen LogP contribution >= 0.6 is 0 Å². The van der Waals surface area contributed by atoms with Gasteiger partial charge in [-0.25, -0.2) is 14.2 Å². The Balaban J connectivity index is 0.985. The van der Waals surface area contributed by atoms with E-state index in [0.717, 1.165) is 90.0 Å². The molecule has 0 spiro atoms. The van der Waals surface area contributed by atoms with Gasteiger partial charge in [-0.05, 0) is 54.5 Å². The predicted molar refractivity (Wildman–Crippen MR) is 190 cm³/mol. The Morgan fingerprint density at radius 2 is 1.80 bits per heavy atom. The molecule has 1 atom stereocenters. The number of fused-ring (bicyclic) bond motifs is 2. The van der Waals surface area contributed by atoms with E-state index in [0.29, 0.717) is 52.0 Å². The first kappa shape index (κ1) is 34.2. The number of aryl methyl sites for hydroxylation is 1. The minimum atomic E-state index is -0.785. The third-order valence-electron chi connectivity index (χ3n) is 11.1. The Hall–Kier alpha value is -4.24. The topological polar surface area (TPSA) is 138 Å². The fraction of sp³-hybridized carbons (Fsp3) is 0.556. The van der Waals surface area contributed by atoms with Crippen LogP contribution in [0.4, 0.5) is 15.3 Å². The highest BCUT2D eigenvalue weighted by Crippen LogP contribution is 2.25. The molecule has 4 aliphatic rings. The number of para-hydroxylation sites is 1. The number of H-pyrrole nitrogens is 1. The summed E-state index contributed by atoms with van der Waals surface area (Å²) in [5.41, 5.74) is 5.09. The minimum Gasteiger partial charge on any atom is -0.351 e. The number of rotatable bonds is 8. The molecule has 3 saturated heterocycles. The fourth-order valence-corrected chi connectivity index (χ4v) is 8.08. The second-order valence-corrected chi connectivity index (χ2v) is 14.2. The number of hydrogen-bond donors (Lipinski definition) is 4. The second kappa shape index (κ2) is 14.9. The SMILES string of the molecule is CCc1cc(CC(NC(=O)ON2CCC(N3CCc4ccccc4NC3=O)CC2)C(=O)N2CCN([N+]3(C)CCNCC3)CC2)cc2cn[nH]c12. The van der Waals surface area contributed by atoms with Gasteiger partial charge in [0.2, 0.25) is 5.91 Å².